The average molecular weight is 346 g/mol. The monoisotopic (exact) mass is 346 g/mol. The molecule has 0 aliphatic carbocycles. The number of nitrogens with one attached hydrogen (secondary N) is 1. The quantitative estimate of drug-likeness (QED) is 0.644. The van der Waals surface area contributed by atoms with Gasteiger partial charge in [-0.3, -0.25) is 0 Å². The first-order chi connectivity index (χ1) is 9.28. The molecule has 0 aliphatic heterocycles. The molecule has 0 saturated carbocycles. The molecule has 2 rings (SSSR count). The molecule has 0 atom stereocenters. The summed E-state index contributed by atoms with van der Waals surface area (Å²) in [5, 5.41) is 3.09. The fourth-order valence-electron chi connectivity index (χ4n) is 1.50. The predicted molar refractivity (Wildman–Crippen MR) is 73.5 cm³/mol. The summed E-state index contributed by atoms with van der Waals surface area (Å²) in [5.41, 5.74) is 0.904. The van der Waals surface area contributed by atoms with Gasteiger partial charge in [0, 0.05) is 50.5 Å². The molecule has 1 radical (unpaired) electrons. The van der Waals surface area contributed by atoms with Crippen molar-refractivity contribution in [3.8, 4) is 5.75 Å². The molecular formula is C14H17N4OY-. The van der Waals surface area contributed by atoms with Gasteiger partial charge in [0.1, 0.15) is 11.7 Å². The molecular weight excluding hydrogens is 329 g/mol. The second-order valence-electron chi connectivity index (χ2n) is 4.16. The van der Waals surface area contributed by atoms with Crippen LogP contribution in [-0.2, 0) is 32.7 Å². The Morgan fingerprint density at radius 1 is 1.20 bits per heavy atom. The zero-order valence-corrected chi connectivity index (χ0v) is 14.6. The molecule has 1 aromatic heterocycles. The van der Waals surface area contributed by atoms with Gasteiger partial charge < -0.3 is 25.0 Å². The summed E-state index contributed by atoms with van der Waals surface area (Å²) in [6.07, 6.45) is 4.75. The summed E-state index contributed by atoms with van der Waals surface area (Å²) in [4.78, 5) is 11.9. The summed E-state index contributed by atoms with van der Waals surface area (Å²) in [6, 6.07) is 7.71. The molecule has 0 bridgehead atoms. The van der Waals surface area contributed by atoms with Crippen molar-refractivity contribution in [3.63, 3.8) is 0 Å². The third-order valence-corrected chi connectivity index (χ3v) is 2.51. The topological polar surface area (TPSA) is 59.9 Å². The van der Waals surface area contributed by atoms with Gasteiger partial charge in [0.2, 0.25) is 0 Å². The molecule has 1 aromatic carbocycles. The molecule has 0 aliphatic rings. The van der Waals surface area contributed by atoms with E-state index in [1.165, 1.54) is 0 Å². The predicted octanol–water partition coefficient (Wildman–Crippen LogP) is 2.90. The van der Waals surface area contributed by atoms with Gasteiger partial charge in [0.05, 0.1) is 6.61 Å². The molecule has 5 nitrogen and oxygen atoms in total. The van der Waals surface area contributed by atoms with E-state index in [1.54, 1.807) is 6.92 Å². The van der Waals surface area contributed by atoms with Crippen molar-refractivity contribution in [3.05, 3.63) is 36.4 Å². The van der Waals surface area contributed by atoms with Gasteiger partial charge in [0.15, 0.2) is 0 Å². The molecule has 103 valence electrons. The number of benzene rings is 1. The number of rotatable bonds is 6. The fourth-order valence-corrected chi connectivity index (χ4v) is 1.50. The van der Waals surface area contributed by atoms with Crippen molar-refractivity contribution in [1.82, 2.24) is 15.0 Å². The van der Waals surface area contributed by atoms with Crippen LogP contribution >= 0.6 is 0 Å². The van der Waals surface area contributed by atoms with Gasteiger partial charge in [-0.2, -0.15) is 0 Å². The van der Waals surface area contributed by atoms with Gasteiger partial charge in [-0.15, -0.1) is 0 Å². The third-order valence-electron chi connectivity index (χ3n) is 2.51. The first kappa shape index (κ1) is 17.0. The van der Waals surface area contributed by atoms with Crippen LogP contribution in [0.5, 0.6) is 5.75 Å². The van der Waals surface area contributed by atoms with E-state index in [-0.39, 0.29) is 32.7 Å². The van der Waals surface area contributed by atoms with Gasteiger partial charge in [-0.05, 0) is 30.7 Å². The first-order valence-electron chi connectivity index (χ1n) is 6.36. The van der Waals surface area contributed by atoms with E-state index in [1.807, 2.05) is 24.3 Å². The first-order valence-corrected chi connectivity index (χ1v) is 6.36. The maximum Gasteiger partial charge on any atom is 0.119 e. The Morgan fingerprint density at radius 3 is 2.60 bits per heavy atom. The van der Waals surface area contributed by atoms with E-state index in [0.717, 1.165) is 30.9 Å². The van der Waals surface area contributed by atoms with Crippen LogP contribution in [0.1, 0.15) is 25.6 Å². The summed E-state index contributed by atoms with van der Waals surface area (Å²) in [6.45, 7) is 4.70. The minimum absolute atomic E-state index is 0. The molecule has 20 heavy (non-hydrogen) atoms. The van der Waals surface area contributed by atoms with Crippen LogP contribution < -0.4 is 10.1 Å². The van der Waals surface area contributed by atoms with Crippen molar-refractivity contribution in [2.24, 2.45) is 0 Å². The Morgan fingerprint density at radius 2 is 1.95 bits per heavy atom. The molecule has 0 amide bonds. The van der Waals surface area contributed by atoms with Crippen molar-refractivity contribution in [2.45, 2.75) is 26.7 Å². The van der Waals surface area contributed by atoms with Crippen LogP contribution in [-0.4, -0.2) is 21.6 Å². The molecule has 6 heteroatoms. The van der Waals surface area contributed by atoms with Crippen LogP contribution in [0.4, 0.5) is 11.6 Å². The molecule has 1 heterocycles. The van der Waals surface area contributed by atoms with E-state index in [0.29, 0.717) is 11.8 Å². The fraction of sp³-hybridized carbons (Fsp3) is 0.357. The maximum atomic E-state index is 5.60. The molecule has 0 spiro atoms. The number of ether oxygens (including phenoxy) is 1. The summed E-state index contributed by atoms with van der Waals surface area (Å²) in [7, 11) is 0. The summed E-state index contributed by atoms with van der Waals surface area (Å²) in [5.74, 6) is 2.00. The van der Waals surface area contributed by atoms with E-state index in [2.05, 4.69) is 33.5 Å². The average Bonchev–Trinajstić information content (AvgIpc) is 2.41. The Hall–Kier alpha value is -1.07. The normalized spacial score (nSPS) is 9.70. The SMILES string of the molecule is CCCCOc1ccc(Nc2n[c-]nc(C)n2)cc1.[Y]. The minimum Gasteiger partial charge on any atom is -0.494 e. The van der Waals surface area contributed by atoms with Crippen molar-refractivity contribution in [2.75, 3.05) is 11.9 Å². The summed E-state index contributed by atoms with van der Waals surface area (Å²) < 4.78 is 5.60. The minimum atomic E-state index is 0. The Bertz CT molecular complexity index is 519. The van der Waals surface area contributed by atoms with Crippen LogP contribution in [0, 0.1) is 13.3 Å². The van der Waals surface area contributed by atoms with Gasteiger partial charge in [-0.1, -0.05) is 20.3 Å². The van der Waals surface area contributed by atoms with Crippen LogP contribution in [0.25, 0.3) is 0 Å². The van der Waals surface area contributed by atoms with Crippen molar-refractivity contribution < 1.29 is 37.4 Å². The largest absolute Gasteiger partial charge is 0.494 e. The zero-order chi connectivity index (χ0) is 13.5. The maximum absolute atomic E-state index is 5.60. The molecule has 1 N–H and O–H groups in total. The molecule has 0 saturated heterocycles. The van der Waals surface area contributed by atoms with Gasteiger partial charge in [0.25, 0.3) is 0 Å². The third kappa shape index (κ3) is 5.51. The number of anilines is 2. The second kappa shape index (κ2) is 8.98. The van der Waals surface area contributed by atoms with E-state index in [9.17, 15) is 0 Å². The van der Waals surface area contributed by atoms with E-state index >= 15 is 0 Å². The number of unbranched alkanes of at least 4 members (excludes halogenated alkanes) is 1. The Kier molecular flexibility index (Phi) is 7.63. The van der Waals surface area contributed by atoms with E-state index in [4.69, 9.17) is 4.74 Å². The number of aromatic nitrogens is 3. The standard InChI is InChI=1S/C14H17N4O.Y/c1-3-4-9-19-13-7-5-12(6-8-13)18-14-16-10-15-11(2)17-14;/h5-8H,3-4,9H2,1-2H3,(H,15,16,17,18);/q-1;. The molecule has 0 unspecified atom stereocenters. The summed E-state index contributed by atoms with van der Waals surface area (Å²) >= 11 is 0. The van der Waals surface area contributed by atoms with Crippen LogP contribution in [0.2, 0.25) is 0 Å². The van der Waals surface area contributed by atoms with Crippen LogP contribution in [0.15, 0.2) is 24.3 Å². The molecule has 0 fully saturated rings. The zero-order valence-electron chi connectivity index (χ0n) is 11.8. The second-order valence-corrected chi connectivity index (χ2v) is 4.16. The van der Waals surface area contributed by atoms with Crippen LogP contribution in [0.3, 0.4) is 0 Å². The Balaban J connectivity index is 0.00000200. The van der Waals surface area contributed by atoms with Gasteiger partial charge in [-0.25, -0.2) is 0 Å². The smallest absolute Gasteiger partial charge is 0.119 e. The van der Waals surface area contributed by atoms with Gasteiger partial charge >= 0.3 is 0 Å². The van der Waals surface area contributed by atoms with Crippen molar-refractivity contribution in [1.29, 1.82) is 0 Å². The van der Waals surface area contributed by atoms with Crippen molar-refractivity contribution >= 4 is 11.6 Å². The number of hydrogen-bond donors (Lipinski definition) is 1. The van der Waals surface area contributed by atoms with E-state index < -0.39 is 0 Å². The number of nitrogens with zero attached hydrogens (tertiary/aromatic N) is 3. The molecule has 2 aromatic rings. The number of hydrogen-bond acceptors (Lipinski definition) is 5. The number of aryl methyl sites for hydroxylation is 1. The Labute approximate surface area is 144 Å².